The maximum Gasteiger partial charge on any atom is 0.0661 e. The van der Waals surface area contributed by atoms with Gasteiger partial charge >= 0.3 is 0 Å². The van der Waals surface area contributed by atoms with E-state index in [9.17, 15) is 0 Å². The number of ether oxygens (including phenoxy) is 1. The Morgan fingerprint density at radius 1 is 1.28 bits per heavy atom. The van der Waals surface area contributed by atoms with Crippen molar-refractivity contribution in [3.63, 3.8) is 0 Å². The lowest BCUT2D eigenvalue weighted by atomic mass is 10.0. The summed E-state index contributed by atoms with van der Waals surface area (Å²) in [4.78, 5) is 0. The molecule has 1 unspecified atom stereocenters. The fourth-order valence-corrected chi connectivity index (χ4v) is 2.60. The van der Waals surface area contributed by atoms with Crippen LogP contribution in [0.25, 0.3) is 0 Å². The van der Waals surface area contributed by atoms with Gasteiger partial charge in [-0.25, -0.2) is 0 Å². The Hall–Kier alpha value is -0.130. The smallest absolute Gasteiger partial charge is 0.0661 e. The zero-order chi connectivity index (χ0) is 13.4. The molecule has 2 nitrogen and oxygen atoms in total. The minimum Gasteiger partial charge on any atom is -0.379 e. The molecule has 0 amide bonds. The molecule has 0 bridgehead atoms. The highest BCUT2D eigenvalue weighted by atomic mass is 127. The van der Waals surface area contributed by atoms with Crippen molar-refractivity contribution in [3.05, 3.63) is 32.9 Å². The first-order valence-electron chi connectivity index (χ1n) is 6.76. The van der Waals surface area contributed by atoms with E-state index in [4.69, 9.17) is 4.74 Å². The van der Waals surface area contributed by atoms with Gasteiger partial charge in [0.05, 0.1) is 12.6 Å². The highest BCUT2D eigenvalue weighted by Crippen LogP contribution is 2.23. The topological polar surface area (TPSA) is 21.3 Å². The van der Waals surface area contributed by atoms with E-state index < -0.39 is 0 Å². The second-order valence-electron chi connectivity index (χ2n) is 4.56. The molecule has 1 atom stereocenters. The molecule has 0 aliphatic carbocycles. The minimum absolute atomic E-state index is 0.309. The first kappa shape index (κ1) is 15.9. The van der Waals surface area contributed by atoms with Gasteiger partial charge in [0.2, 0.25) is 0 Å². The highest BCUT2D eigenvalue weighted by Gasteiger charge is 2.14. The number of aryl methyl sites for hydroxylation is 1. The van der Waals surface area contributed by atoms with Gasteiger partial charge in [-0.1, -0.05) is 32.0 Å². The van der Waals surface area contributed by atoms with Gasteiger partial charge in [-0.3, -0.25) is 0 Å². The fraction of sp³-hybridized carbons (Fsp3) is 0.600. The van der Waals surface area contributed by atoms with Crippen LogP contribution in [0.1, 0.15) is 43.9 Å². The maximum atomic E-state index is 5.73. The van der Waals surface area contributed by atoms with Crippen LogP contribution in [-0.4, -0.2) is 19.8 Å². The number of benzene rings is 1. The molecule has 18 heavy (non-hydrogen) atoms. The third kappa shape index (κ3) is 4.86. The zero-order valence-corrected chi connectivity index (χ0v) is 13.8. The van der Waals surface area contributed by atoms with Gasteiger partial charge in [-0.2, -0.15) is 0 Å². The summed E-state index contributed by atoms with van der Waals surface area (Å²) < 4.78 is 7.08. The third-order valence-corrected chi connectivity index (χ3v) is 4.34. The molecule has 0 spiro atoms. The van der Waals surface area contributed by atoms with Crippen molar-refractivity contribution < 1.29 is 4.74 Å². The standard InChI is InChI=1S/C15H24INO/c1-4-9-17-14(11-18-10-5-2)13-8-6-7-12(3)15(13)16/h6-8,14,17H,4-5,9-11H2,1-3H3. The summed E-state index contributed by atoms with van der Waals surface area (Å²) in [6.07, 6.45) is 2.22. The Kier molecular flexibility index (Phi) is 7.86. The van der Waals surface area contributed by atoms with Crippen molar-refractivity contribution in [2.45, 2.75) is 39.7 Å². The monoisotopic (exact) mass is 361 g/mol. The summed E-state index contributed by atoms with van der Waals surface area (Å²) in [6, 6.07) is 6.81. The largest absolute Gasteiger partial charge is 0.379 e. The predicted octanol–water partition coefficient (Wildman–Crippen LogP) is 4.07. The molecular formula is C15H24INO. The minimum atomic E-state index is 0.309. The molecule has 0 aliphatic rings. The molecule has 1 aromatic rings. The second kappa shape index (κ2) is 8.88. The van der Waals surface area contributed by atoms with Crippen LogP contribution in [-0.2, 0) is 4.74 Å². The zero-order valence-electron chi connectivity index (χ0n) is 11.6. The number of rotatable bonds is 8. The lowest BCUT2D eigenvalue weighted by Crippen LogP contribution is -2.27. The van der Waals surface area contributed by atoms with E-state index >= 15 is 0 Å². The molecule has 0 aromatic heterocycles. The lowest BCUT2D eigenvalue weighted by molar-refractivity contribution is 0.111. The molecule has 0 aliphatic heterocycles. The van der Waals surface area contributed by atoms with Crippen molar-refractivity contribution in [1.82, 2.24) is 5.32 Å². The van der Waals surface area contributed by atoms with Crippen LogP contribution in [0, 0.1) is 10.5 Å². The van der Waals surface area contributed by atoms with Crippen molar-refractivity contribution in [2.75, 3.05) is 19.8 Å². The van der Waals surface area contributed by atoms with Gasteiger partial charge in [0, 0.05) is 10.2 Å². The summed E-state index contributed by atoms with van der Waals surface area (Å²) >= 11 is 2.44. The van der Waals surface area contributed by atoms with Crippen LogP contribution in [0.3, 0.4) is 0 Å². The number of hydrogen-bond acceptors (Lipinski definition) is 2. The summed E-state index contributed by atoms with van der Waals surface area (Å²) in [5.41, 5.74) is 2.70. The summed E-state index contributed by atoms with van der Waals surface area (Å²) in [6.45, 7) is 9.13. The molecule has 1 N–H and O–H groups in total. The summed E-state index contributed by atoms with van der Waals surface area (Å²) in [7, 11) is 0. The molecule has 0 radical (unpaired) electrons. The highest BCUT2D eigenvalue weighted by molar-refractivity contribution is 14.1. The van der Waals surface area contributed by atoms with Crippen LogP contribution < -0.4 is 5.32 Å². The quantitative estimate of drug-likeness (QED) is 0.557. The van der Waals surface area contributed by atoms with Gasteiger partial charge in [0.25, 0.3) is 0 Å². The van der Waals surface area contributed by atoms with E-state index in [2.05, 4.69) is 66.9 Å². The van der Waals surface area contributed by atoms with Gasteiger partial charge in [0.1, 0.15) is 0 Å². The second-order valence-corrected chi connectivity index (χ2v) is 5.64. The molecule has 0 heterocycles. The van der Waals surface area contributed by atoms with E-state index in [0.717, 1.165) is 32.6 Å². The van der Waals surface area contributed by atoms with Gasteiger partial charge in [-0.15, -0.1) is 0 Å². The Morgan fingerprint density at radius 2 is 2.06 bits per heavy atom. The molecule has 0 saturated carbocycles. The molecule has 0 saturated heterocycles. The number of nitrogens with one attached hydrogen (secondary N) is 1. The molecule has 0 fully saturated rings. The van der Waals surface area contributed by atoms with Crippen molar-refractivity contribution in [2.24, 2.45) is 0 Å². The number of halogens is 1. The van der Waals surface area contributed by atoms with Crippen molar-refractivity contribution >= 4 is 22.6 Å². The third-order valence-electron chi connectivity index (χ3n) is 2.87. The first-order valence-corrected chi connectivity index (χ1v) is 7.84. The normalized spacial score (nSPS) is 12.7. The SMILES string of the molecule is CCCNC(COCCC)c1cccc(C)c1I. The van der Waals surface area contributed by atoms with E-state index in [0.29, 0.717) is 6.04 Å². The van der Waals surface area contributed by atoms with Crippen LogP contribution in [0.5, 0.6) is 0 Å². The van der Waals surface area contributed by atoms with E-state index in [1.165, 1.54) is 14.7 Å². The lowest BCUT2D eigenvalue weighted by Gasteiger charge is -2.21. The van der Waals surface area contributed by atoms with Crippen molar-refractivity contribution in [1.29, 1.82) is 0 Å². The van der Waals surface area contributed by atoms with E-state index in [1.54, 1.807) is 0 Å². The van der Waals surface area contributed by atoms with Crippen LogP contribution >= 0.6 is 22.6 Å². The molecule has 3 heteroatoms. The molecule has 102 valence electrons. The van der Waals surface area contributed by atoms with E-state index in [1.807, 2.05) is 0 Å². The molecular weight excluding hydrogens is 337 g/mol. The Balaban J connectivity index is 2.76. The predicted molar refractivity (Wildman–Crippen MR) is 86.0 cm³/mol. The van der Waals surface area contributed by atoms with Crippen LogP contribution in [0.2, 0.25) is 0 Å². The van der Waals surface area contributed by atoms with E-state index in [-0.39, 0.29) is 0 Å². The Morgan fingerprint density at radius 3 is 2.72 bits per heavy atom. The maximum absolute atomic E-state index is 5.73. The summed E-state index contributed by atoms with van der Waals surface area (Å²) in [5.74, 6) is 0. The van der Waals surface area contributed by atoms with Crippen molar-refractivity contribution in [3.8, 4) is 0 Å². The summed E-state index contributed by atoms with van der Waals surface area (Å²) in [5, 5.41) is 3.58. The van der Waals surface area contributed by atoms with Crippen LogP contribution in [0.15, 0.2) is 18.2 Å². The molecule has 1 aromatic carbocycles. The average Bonchev–Trinajstić information content (AvgIpc) is 2.37. The molecule has 1 rings (SSSR count). The average molecular weight is 361 g/mol. The van der Waals surface area contributed by atoms with Gasteiger partial charge in [-0.05, 0) is 60.0 Å². The first-order chi connectivity index (χ1) is 8.70. The van der Waals surface area contributed by atoms with Gasteiger partial charge < -0.3 is 10.1 Å². The van der Waals surface area contributed by atoms with Crippen LogP contribution in [0.4, 0.5) is 0 Å². The fourth-order valence-electron chi connectivity index (χ4n) is 1.86. The Labute approximate surface area is 125 Å². The number of hydrogen-bond donors (Lipinski definition) is 1. The van der Waals surface area contributed by atoms with Gasteiger partial charge in [0.15, 0.2) is 0 Å². The Bertz CT molecular complexity index is 354.